The molecule has 0 bridgehead atoms. The number of carboxylic acid groups (broad SMARTS) is 1. The summed E-state index contributed by atoms with van der Waals surface area (Å²) in [4.78, 5) is 10.9. The molecule has 0 saturated heterocycles. The molecule has 1 rings (SSSR count). The highest BCUT2D eigenvalue weighted by molar-refractivity contribution is 9.09. The van der Waals surface area contributed by atoms with Crippen molar-refractivity contribution in [3.05, 3.63) is 34.3 Å². The van der Waals surface area contributed by atoms with Crippen LogP contribution in [0.1, 0.15) is 22.0 Å². The first-order valence-electron chi connectivity index (χ1n) is 4.42. The van der Waals surface area contributed by atoms with Crippen LogP contribution in [-0.2, 0) is 0 Å². The van der Waals surface area contributed by atoms with Crippen LogP contribution in [0.5, 0.6) is 0 Å². The average Bonchev–Trinajstić information content (AvgIpc) is 2.26. The minimum atomic E-state index is -1.33. The SMILES string of the molecule is O=C(O)c1cccc(Cl)c1C(O)C(O)CBr. The number of carbonyl (C=O) groups is 1. The Bertz CT molecular complexity index is 396. The lowest BCUT2D eigenvalue weighted by atomic mass is 9.99. The van der Waals surface area contributed by atoms with Crippen molar-refractivity contribution in [3.8, 4) is 0 Å². The van der Waals surface area contributed by atoms with E-state index in [0.717, 1.165) is 0 Å². The van der Waals surface area contributed by atoms with Crippen LogP contribution in [0.4, 0.5) is 0 Å². The van der Waals surface area contributed by atoms with Gasteiger partial charge in [0.2, 0.25) is 0 Å². The Morgan fingerprint density at radius 3 is 2.56 bits per heavy atom. The number of aromatic carboxylic acids is 1. The number of halogens is 2. The zero-order valence-electron chi connectivity index (χ0n) is 8.10. The summed E-state index contributed by atoms with van der Waals surface area (Å²) in [6.45, 7) is 0. The Hall–Kier alpha value is -0.620. The summed E-state index contributed by atoms with van der Waals surface area (Å²) in [5.41, 5.74) is -0.0800. The quantitative estimate of drug-likeness (QED) is 0.742. The van der Waals surface area contributed by atoms with E-state index >= 15 is 0 Å². The maximum Gasteiger partial charge on any atom is 0.336 e. The maximum absolute atomic E-state index is 10.9. The van der Waals surface area contributed by atoms with Crippen LogP contribution in [0.25, 0.3) is 0 Å². The monoisotopic (exact) mass is 308 g/mol. The summed E-state index contributed by atoms with van der Waals surface area (Å²) in [6, 6.07) is 4.27. The van der Waals surface area contributed by atoms with E-state index in [2.05, 4.69) is 15.9 Å². The molecule has 0 aromatic heterocycles. The van der Waals surface area contributed by atoms with Crippen molar-refractivity contribution >= 4 is 33.5 Å². The first kappa shape index (κ1) is 13.4. The van der Waals surface area contributed by atoms with E-state index in [0.29, 0.717) is 0 Å². The first-order valence-corrected chi connectivity index (χ1v) is 5.92. The van der Waals surface area contributed by atoms with Crippen LogP contribution < -0.4 is 0 Å². The molecule has 0 aliphatic carbocycles. The Balaban J connectivity index is 3.24. The second kappa shape index (κ2) is 5.63. The minimum absolute atomic E-state index is 0.0311. The average molecular weight is 310 g/mol. The minimum Gasteiger partial charge on any atom is -0.478 e. The lowest BCUT2D eigenvalue weighted by Crippen LogP contribution is -2.22. The number of rotatable bonds is 4. The van der Waals surface area contributed by atoms with E-state index < -0.39 is 18.2 Å². The lowest BCUT2D eigenvalue weighted by Gasteiger charge is -2.19. The summed E-state index contributed by atoms with van der Waals surface area (Å²) in [5, 5.41) is 28.4. The summed E-state index contributed by atoms with van der Waals surface area (Å²) >= 11 is 8.82. The lowest BCUT2D eigenvalue weighted by molar-refractivity contribution is 0.0328. The molecule has 0 radical (unpaired) electrons. The molecule has 16 heavy (non-hydrogen) atoms. The second-order valence-corrected chi connectivity index (χ2v) is 4.23. The van der Waals surface area contributed by atoms with Gasteiger partial charge in [-0.05, 0) is 12.1 Å². The molecule has 0 spiro atoms. The van der Waals surface area contributed by atoms with Gasteiger partial charge in [-0.1, -0.05) is 33.6 Å². The van der Waals surface area contributed by atoms with Crippen LogP contribution in [0.3, 0.4) is 0 Å². The smallest absolute Gasteiger partial charge is 0.336 e. The van der Waals surface area contributed by atoms with Gasteiger partial charge in [0.1, 0.15) is 6.10 Å². The van der Waals surface area contributed by atoms with Crippen LogP contribution in [0.15, 0.2) is 18.2 Å². The number of aliphatic hydroxyl groups is 2. The summed E-state index contributed by atoms with van der Waals surface area (Å²) in [6.07, 6.45) is -2.45. The zero-order valence-corrected chi connectivity index (χ0v) is 10.4. The molecule has 1 aromatic carbocycles. The van der Waals surface area contributed by atoms with Gasteiger partial charge in [-0.15, -0.1) is 0 Å². The van der Waals surface area contributed by atoms with Crippen molar-refractivity contribution in [1.82, 2.24) is 0 Å². The number of benzene rings is 1. The van der Waals surface area contributed by atoms with Crippen molar-refractivity contribution in [1.29, 1.82) is 0 Å². The fourth-order valence-electron chi connectivity index (χ4n) is 1.30. The number of hydrogen-bond donors (Lipinski definition) is 3. The van der Waals surface area contributed by atoms with Crippen molar-refractivity contribution in [2.75, 3.05) is 5.33 Å². The van der Waals surface area contributed by atoms with Gasteiger partial charge < -0.3 is 15.3 Å². The highest BCUT2D eigenvalue weighted by Crippen LogP contribution is 2.29. The van der Waals surface area contributed by atoms with Crippen LogP contribution in [0, 0.1) is 0 Å². The molecule has 3 N–H and O–H groups in total. The third-order valence-corrected chi connectivity index (χ3v) is 3.09. The Morgan fingerprint density at radius 1 is 1.44 bits per heavy atom. The van der Waals surface area contributed by atoms with Gasteiger partial charge in [0.15, 0.2) is 0 Å². The summed E-state index contributed by atoms with van der Waals surface area (Å²) in [5.74, 6) is -1.20. The van der Waals surface area contributed by atoms with E-state index in [-0.39, 0.29) is 21.5 Å². The number of hydrogen-bond acceptors (Lipinski definition) is 3. The molecule has 2 atom stereocenters. The van der Waals surface area contributed by atoms with Crippen LogP contribution >= 0.6 is 27.5 Å². The van der Waals surface area contributed by atoms with Gasteiger partial charge >= 0.3 is 5.97 Å². The Morgan fingerprint density at radius 2 is 2.06 bits per heavy atom. The highest BCUT2D eigenvalue weighted by Gasteiger charge is 2.25. The van der Waals surface area contributed by atoms with Gasteiger partial charge in [0, 0.05) is 15.9 Å². The summed E-state index contributed by atoms with van der Waals surface area (Å²) in [7, 11) is 0. The van der Waals surface area contributed by atoms with Crippen molar-refractivity contribution in [2.45, 2.75) is 12.2 Å². The van der Waals surface area contributed by atoms with E-state index in [4.69, 9.17) is 16.7 Å². The predicted octanol–water partition coefficient (Wildman–Crippen LogP) is 1.83. The molecule has 1 aromatic rings. The van der Waals surface area contributed by atoms with Gasteiger partial charge in [-0.25, -0.2) is 4.79 Å². The molecule has 0 fully saturated rings. The zero-order chi connectivity index (χ0) is 12.3. The van der Waals surface area contributed by atoms with Gasteiger partial charge in [-0.2, -0.15) is 0 Å². The van der Waals surface area contributed by atoms with Crippen molar-refractivity contribution in [2.24, 2.45) is 0 Å². The fraction of sp³-hybridized carbons (Fsp3) is 0.300. The topological polar surface area (TPSA) is 77.8 Å². The molecule has 4 nitrogen and oxygen atoms in total. The molecule has 0 aliphatic rings. The van der Waals surface area contributed by atoms with Crippen molar-refractivity contribution < 1.29 is 20.1 Å². The Labute approximate surface area is 106 Å². The molecule has 0 amide bonds. The largest absolute Gasteiger partial charge is 0.478 e. The third kappa shape index (κ3) is 2.74. The molecule has 2 unspecified atom stereocenters. The molecular formula is C10H10BrClO4. The third-order valence-electron chi connectivity index (χ3n) is 2.10. The molecule has 0 saturated carbocycles. The van der Waals surface area contributed by atoms with Gasteiger partial charge in [-0.3, -0.25) is 0 Å². The highest BCUT2D eigenvalue weighted by atomic mass is 79.9. The normalized spacial score (nSPS) is 14.5. The number of aliphatic hydroxyl groups excluding tert-OH is 2. The van der Waals surface area contributed by atoms with E-state index in [1.165, 1.54) is 18.2 Å². The number of carboxylic acids is 1. The molecule has 0 heterocycles. The first-order chi connectivity index (χ1) is 7.49. The second-order valence-electron chi connectivity index (χ2n) is 3.17. The van der Waals surface area contributed by atoms with E-state index in [1.807, 2.05) is 0 Å². The van der Waals surface area contributed by atoms with Crippen LogP contribution in [0.2, 0.25) is 5.02 Å². The maximum atomic E-state index is 10.9. The fourth-order valence-corrected chi connectivity index (χ4v) is 1.94. The predicted molar refractivity (Wildman–Crippen MR) is 63.2 cm³/mol. The summed E-state index contributed by atoms with van der Waals surface area (Å²) < 4.78 is 0. The van der Waals surface area contributed by atoms with Gasteiger partial charge in [0.05, 0.1) is 11.7 Å². The van der Waals surface area contributed by atoms with Crippen LogP contribution in [-0.4, -0.2) is 32.7 Å². The molecule has 6 heteroatoms. The standard InChI is InChI=1S/C10H10BrClO4/c11-4-7(13)9(14)8-5(10(15)16)2-1-3-6(8)12/h1-3,7,9,13-14H,4H2,(H,15,16). The van der Waals surface area contributed by atoms with E-state index in [9.17, 15) is 15.0 Å². The molecule has 88 valence electrons. The Kier molecular flexibility index (Phi) is 4.73. The number of alkyl halides is 1. The molecule has 0 aliphatic heterocycles. The van der Waals surface area contributed by atoms with E-state index in [1.54, 1.807) is 0 Å². The molecular weight excluding hydrogens is 299 g/mol. The van der Waals surface area contributed by atoms with Gasteiger partial charge in [0.25, 0.3) is 0 Å². The van der Waals surface area contributed by atoms with Crippen molar-refractivity contribution in [3.63, 3.8) is 0 Å².